The molecule has 0 aromatic heterocycles. The molecule has 0 aliphatic carbocycles. The number of ether oxygens (including phenoxy) is 3. The largest absolute Gasteiger partial charge is 0.496 e. The van der Waals surface area contributed by atoms with E-state index in [1.807, 2.05) is 0 Å². The van der Waals surface area contributed by atoms with Crippen LogP contribution in [0, 0.1) is 0 Å². The maximum atomic E-state index is 12.4. The molecule has 0 heterocycles. The van der Waals surface area contributed by atoms with Gasteiger partial charge < -0.3 is 19.5 Å². The van der Waals surface area contributed by atoms with Crippen LogP contribution in [-0.2, 0) is 16.1 Å². The van der Waals surface area contributed by atoms with Crippen LogP contribution in [0.5, 0.6) is 11.5 Å². The molecule has 0 fully saturated rings. The molecular weight excluding hydrogens is 348 g/mol. The highest BCUT2D eigenvalue weighted by atomic mass is 19.3. The molecule has 138 valence electrons. The number of alkyl halides is 2. The third kappa shape index (κ3) is 5.44. The maximum absolute atomic E-state index is 12.4. The Morgan fingerprint density at radius 2 is 1.69 bits per heavy atom. The highest BCUT2D eigenvalue weighted by Gasteiger charge is 2.17. The van der Waals surface area contributed by atoms with Gasteiger partial charge in [-0.2, -0.15) is 8.78 Å². The average Bonchev–Trinajstić information content (AvgIpc) is 2.64. The fraction of sp³-hybridized carbons (Fsp3) is 0.222. The topological polar surface area (TPSA) is 73.9 Å². The normalized spacial score (nSPS) is 10.3. The molecule has 0 bridgehead atoms. The third-order valence-electron chi connectivity index (χ3n) is 3.33. The van der Waals surface area contributed by atoms with Crippen molar-refractivity contribution in [3.63, 3.8) is 0 Å². The van der Waals surface area contributed by atoms with Gasteiger partial charge in [0.25, 0.3) is 5.91 Å². The van der Waals surface area contributed by atoms with Crippen molar-refractivity contribution < 1.29 is 32.6 Å². The predicted octanol–water partition coefficient (Wildman–Crippen LogP) is 2.77. The third-order valence-corrected chi connectivity index (χ3v) is 3.33. The van der Waals surface area contributed by atoms with E-state index in [4.69, 9.17) is 9.47 Å². The summed E-state index contributed by atoms with van der Waals surface area (Å²) in [5, 5.41) is 2.58. The predicted molar refractivity (Wildman–Crippen MR) is 88.2 cm³/mol. The average molecular weight is 365 g/mol. The molecule has 2 aromatic carbocycles. The SMILES string of the molecule is COc1ccccc1CNC(=O)COC(=O)c1ccccc1OC(F)F. The monoisotopic (exact) mass is 365 g/mol. The van der Waals surface area contributed by atoms with Crippen LogP contribution < -0.4 is 14.8 Å². The molecule has 0 aliphatic rings. The first kappa shape index (κ1) is 19.2. The van der Waals surface area contributed by atoms with Crippen molar-refractivity contribution in [1.29, 1.82) is 0 Å². The number of esters is 1. The van der Waals surface area contributed by atoms with Gasteiger partial charge in [0.2, 0.25) is 0 Å². The number of hydrogen-bond donors (Lipinski definition) is 1. The smallest absolute Gasteiger partial charge is 0.387 e. The molecule has 0 spiro atoms. The van der Waals surface area contributed by atoms with Crippen LogP contribution in [0.15, 0.2) is 48.5 Å². The number of carbonyl (C=O) groups excluding carboxylic acids is 2. The Labute approximate surface area is 148 Å². The van der Waals surface area contributed by atoms with Crippen molar-refractivity contribution in [1.82, 2.24) is 5.32 Å². The second-order valence-electron chi connectivity index (χ2n) is 5.04. The summed E-state index contributed by atoms with van der Waals surface area (Å²) in [6.07, 6.45) is 0. The lowest BCUT2D eigenvalue weighted by Crippen LogP contribution is -2.28. The zero-order valence-corrected chi connectivity index (χ0v) is 13.9. The summed E-state index contributed by atoms with van der Waals surface area (Å²) in [7, 11) is 1.52. The van der Waals surface area contributed by atoms with Crippen molar-refractivity contribution in [2.45, 2.75) is 13.2 Å². The second kappa shape index (κ2) is 9.36. The van der Waals surface area contributed by atoms with E-state index >= 15 is 0 Å². The van der Waals surface area contributed by atoms with Crippen LogP contribution in [0.4, 0.5) is 8.78 Å². The zero-order chi connectivity index (χ0) is 18.9. The van der Waals surface area contributed by atoms with Gasteiger partial charge in [-0.25, -0.2) is 4.79 Å². The Morgan fingerprint density at radius 1 is 1.04 bits per heavy atom. The summed E-state index contributed by atoms with van der Waals surface area (Å²) in [6.45, 7) is -3.45. The molecule has 0 aliphatic heterocycles. The number of benzene rings is 2. The molecule has 0 saturated heterocycles. The minimum absolute atomic E-state index is 0.186. The van der Waals surface area contributed by atoms with Gasteiger partial charge in [0.05, 0.1) is 7.11 Å². The quantitative estimate of drug-likeness (QED) is 0.728. The molecule has 2 rings (SSSR count). The van der Waals surface area contributed by atoms with Gasteiger partial charge in [-0.3, -0.25) is 4.79 Å². The van der Waals surface area contributed by atoms with Crippen LogP contribution in [0.3, 0.4) is 0 Å². The molecule has 0 radical (unpaired) electrons. The fourth-order valence-corrected chi connectivity index (χ4v) is 2.14. The number of amides is 1. The van der Waals surface area contributed by atoms with E-state index in [0.29, 0.717) is 5.75 Å². The summed E-state index contributed by atoms with van der Waals surface area (Å²) >= 11 is 0. The Hall–Kier alpha value is -3.16. The van der Waals surface area contributed by atoms with Crippen molar-refractivity contribution in [2.24, 2.45) is 0 Å². The van der Waals surface area contributed by atoms with Gasteiger partial charge >= 0.3 is 12.6 Å². The van der Waals surface area contributed by atoms with Crippen LogP contribution in [-0.4, -0.2) is 32.2 Å². The van der Waals surface area contributed by atoms with Crippen LogP contribution in [0.1, 0.15) is 15.9 Å². The zero-order valence-electron chi connectivity index (χ0n) is 13.9. The van der Waals surface area contributed by atoms with Gasteiger partial charge in [-0.15, -0.1) is 0 Å². The lowest BCUT2D eigenvalue weighted by molar-refractivity contribution is -0.124. The van der Waals surface area contributed by atoms with Crippen LogP contribution in [0.2, 0.25) is 0 Å². The summed E-state index contributed by atoms with van der Waals surface area (Å²) in [5.74, 6) is -1.19. The van der Waals surface area contributed by atoms with Gasteiger partial charge in [0.15, 0.2) is 6.61 Å². The first-order valence-corrected chi connectivity index (χ1v) is 7.61. The van der Waals surface area contributed by atoms with Crippen molar-refractivity contribution >= 4 is 11.9 Å². The number of carbonyl (C=O) groups is 2. The van der Waals surface area contributed by atoms with E-state index in [0.717, 1.165) is 5.56 Å². The second-order valence-corrected chi connectivity index (χ2v) is 5.04. The molecule has 26 heavy (non-hydrogen) atoms. The Balaban J connectivity index is 1.88. The first-order valence-electron chi connectivity index (χ1n) is 7.61. The molecule has 1 N–H and O–H groups in total. The minimum Gasteiger partial charge on any atom is -0.496 e. The van der Waals surface area contributed by atoms with Crippen molar-refractivity contribution in [3.05, 3.63) is 59.7 Å². The summed E-state index contributed by atoms with van der Waals surface area (Å²) in [4.78, 5) is 23.8. The number of para-hydroxylation sites is 2. The Kier molecular flexibility index (Phi) is 6.90. The van der Waals surface area contributed by atoms with Crippen LogP contribution in [0.25, 0.3) is 0 Å². The molecular formula is C18H17F2NO5. The Morgan fingerprint density at radius 3 is 2.38 bits per heavy atom. The van der Waals surface area contributed by atoms with E-state index in [9.17, 15) is 18.4 Å². The highest BCUT2D eigenvalue weighted by Crippen LogP contribution is 2.21. The fourth-order valence-electron chi connectivity index (χ4n) is 2.14. The van der Waals surface area contributed by atoms with Gasteiger partial charge in [-0.05, 0) is 18.2 Å². The molecule has 0 unspecified atom stereocenters. The van der Waals surface area contributed by atoms with Crippen LogP contribution >= 0.6 is 0 Å². The summed E-state index contributed by atoms with van der Waals surface area (Å²) in [6, 6.07) is 12.5. The van der Waals surface area contributed by atoms with E-state index in [1.54, 1.807) is 24.3 Å². The number of methoxy groups -OCH3 is 1. The van der Waals surface area contributed by atoms with Gasteiger partial charge in [0, 0.05) is 12.1 Å². The van der Waals surface area contributed by atoms with E-state index in [1.165, 1.54) is 31.4 Å². The lowest BCUT2D eigenvalue weighted by atomic mass is 10.2. The molecule has 8 heteroatoms. The molecule has 2 aromatic rings. The Bertz CT molecular complexity index is 767. The summed E-state index contributed by atoms with van der Waals surface area (Å²) < 4.78 is 39.0. The highest BCUT2D eigenvalue weighted by molar-refractivity contribution is 5.94. The first-order chi connectivity index (χ1) is 12.5. The molecule has 1 amide bonds. The number of rotatable bonds is 8. The van der Waals surface area contributed by atoms with Gasteiger partial charge in [-0.1, -0.05) is 30.3 Å². The van der Waals surface area contributed by atoms with Crippen molar-refractivity contribution in [2.75, 3.05) is 13.7 Å². The maximum Gasteiger partial charge on any atom is 0.387 e. The molecule has 0 saturated carbocycles. The van der Waals surface area contributed by atoms with E-state index < -0.39 is 25.1 Å². The number of nitrogens with one attached hydrogen (secondary N) is 1. The van der Waals surface area contributed by atoms with Gasteiger partial charge in [0.1, 0.15) is 17.1 Å². The van der Waals surface area contributed by atoms with E-state index in [2.05, 4.69) is 10.1 Å². The molecule has 0 atom stereocenters. The number of halogens is 2. The lowest BCUT2D eigenvalue weighted by Gasteiger charge is -2.11. The molecule has 6 nitrogen and oxygen atoms in total. The van der Waals surface area contributed by atoms with Crippen molar-refractivity contribution in [3.8, 4) is 11.5 Å². The standard InChI is InChI=1S/C18H17F2NO5/c1-24-14-8-4-2-6-12(14)10-21-16(22)11-25-17(23)13-7-3-5-9-15(13)26-18(19)20/h2-9,18H,10-11H2,1H3,(H,21,22). The minimum atomic E-state index is -3.08. The number of hydrogen-bond acceptors (Lipinski definition) is 5. The summed E-state index contributed by atoms with van der Waals surface area (Å²) in [5.41, 5.74) is 0.565. The van der Waals surface area contributed by atoms with E-state index in [-0.39, 0.29) is 17.9 Å².